The van der Waals surface area contributed by atoms with Gasteiger partial charge in [-0.2, -0.15) is 5.10 Å². The molecule has 20 heavy (non-hydrogen) atoms. The van der Waals surface area contributed by atoms with Crippen LogP contribution in [0.15, 0.2) is 54.7 Å². The van der Waals surface area contributed by atoms with Gasteiger partial charge in [0.25, 0.3) is 0 Å². The Kier molecular flexibility index (Phi) is 2.78. The third kappa shape index (κ3) is 2.32. The fourth-order valence-corrected chi connectivity index (χ4v) is 2.41. The molecule has 1 aromatic heterocycles. The van der Waals surface area contributed by atoms with Crippen LogP contribution in [0.25, 0.3) is 16.6 Å². The molecular formula is C17H17N3. The average molecular weight is 263 g/mol. The van der Waals surface area contributed by atoms with Crippen molar-refractivity contribution in [2.75, 3.05) is 0 Å². The van der Waals surface area contributed by atoms with Crippen molar-refractivity contribution in [2.45, 2.75) is 25.4 Å². The van der Waals surface area contributed by atoms with E-state index in [0.717, 1.165) is 23.8 Å². The second-order valence-corrected chi connectivity index (χ2v) is 5.45. The zero-order chi connectivity index (χ0) is 13.4. The Labute approximate surface area is 118 Å². The summed E-state index contributed by atoms with van der Waals surface area (Å²) in [6.07, 6.45) is 4.74. The first-order valence-corrected chi connectivity index (χ1v) is 7.16. The van der Waals surface area contributed by atoms with E-state index in [1.54, 1.807) is 0 Å². The molecule has 0 aliphatic heterocycles. The highest BCUT2D eigenvalue weighted by molar-refractivity contribution is 5.78. The highest BCUT2D eigenvalue weighted by Gasteiger charge is 2.19. The molecule has 3 heteroatoms. The number of benzene rings is 2. The predicted octanol–water partition coefficient (Wildman–Crippen LogP) is 3.28. The summed E-state index contributed by atoms with van der Waals surface area (Å²) < 4.78 is 1.95. The monoisotopic (exact) mass is 263 g/mol. The molecule has 1 N–H and O–H groups in total. The van der Waals surface area contributed by atoms with Gasteiger partial charge in [0.05, 0.1) is 11.2 Å². The Morgan fingerprint density at radius 3 is 2.60 bits per heavy atom. The highest BCUT2D eigenvalue weighted by Crippen LogP contribution is 2.20. The summed E-state index contributed by atoms with van der Waals surface area (Å²) in [5.41, 5.74) is 3.47. The number of nitrogens with one attached hydrogen (secondary N) is 1. The van der Waals surface area contributed by atoms with Crippen molar-refractivity contribution in [3.8, 4) is 5.69 Å². The van der Waals surface area contributed by atoms with Crippen molar-refractivity contribution in [1.82, 2.24) is 15.1 Å². The third-order valence-electron chi connectivity index (χ3n) is 3.79. The zero-order valence-corrected chi connectivity index (χ0v) is 11.3. The minimum Gasteiger partial charge on any atom is -0.310 e. The van der Waals surface area contributed by atoms with E-state index in [-0.39, 0.29) is 0 Å². The van der Waals surface area contributed by atoms with Crippen LogP contribution in [0.1, 0.15) is 18.4 Å². The summed E-state index contributed by atoms with van der Waals surface area (Å²) in [6.45, 7) is 0.964. The molecule has 0 atom stereocenters. The van der Waals surface area contributed by atoms with E-state index in [1.165, 1.54) is 23.8 Å². The maximum absolute atomic E-state index is 4.60. The number of rotatable bonds is 4. The first-order chi connectivity index (χ1) is 9.88. The van der Waals surface area contributed by atoms with Gasteiger partial charge in [-0.3, -0.25) is 0 Å². The molecule has 3 aromatic rings. The van der Waals surface area contributed by atoms with Gasteiger partial charge >= 0.3 is 0 Å². The fourth-order valence-electron chi connectivity index (χ4n) is 2.41. The topological polar surface area (TPSA) is 29.9 Å². The van der Waals surface area contributed by atoms with Crippen LogP contribution in [0.5, 0.6) is 0 Å². The van der Waals surface area contributed by atoms with Crippen LogP contribution in [0.2, 0.25) is 0 Å². The molecule has 2 aromatic carbocycles. The molecule has 1 aliphatic carbocycles. The summed E-state index contributed by atoms with van der Waals surface area (Å²) in [4.78, 5) is 0. The van der Waals surface area contributed by atoms with Gasteiger partial charge in [-0.05, 0) is 36.6 Å². The summed E-state index contributed by atoms with van der Waals surface area (Å²) in [7, 11) is 0. The molecule has 0 spiro atoms. The van der Waals surface area contributed by atoms with E-state index < -0.39 is 0 Å². The summed E-state index contributed by atoms with van der Waals surface area (Å²) in [6, 6.07) is 17.6. The number of hydrogen-bond acceptors (Lipinski definition) is 2. The number of fused-ring (bicyclic) bond motifs is 1. The molecule has 0 amide bonds. The van der Waals surface area contributed by atoms with E-state index >= 15 is 0 Å². The second kappa shape index (κ2) is 4.76. The SMILES string of the molecule is c1ccc2nn(-c3ccc(CNC4CC4)cc3)cc2c1. The average Bonchev–Trinajstić information content (AvgIpc) is 3.22. The molecule has 1 aliphatic rings. The van der Waals surface area contributed by atoms with Gasteiger partial charge in [0.15, 0.2) is 0 Å². The van der Waals surface area contributed by atoms with Crippen molar-refractivity contribution in [1.29, 1.82) is 0 Å². The Hall–Kier alpha value is -2.13. The lowest BCUT2D eigenvalue weighted by molar-refractivity contribution is 0.687. The minimum atomic E-state index is 0.756. The lowest BCUT2D eigenvalue weighted by Gasteiger charge is -2.05. The largest absolute Gasteiger partial charge is 0.310 e. The van der Waals surface area contributed by atoms with E-state index in [4.69, 9.17) is 0 Å². The second-order valence-electron chi connectivity index (χ2n) is 5.45. The summed E-state index contributed by atoms with van der Waals surface area (Å²) >= 11 is 0. The molecule has 3 nitrogen and oxygen atoms in total. The molecule has 0 bridgehead atoms. The fraction of sp³-hybridized carbons (Fsp3) is 0.235. The molecule has 100 valence electrons. The quantitative estimate of drug-likeness (QED) is 0.783. The smallest absolute Gasteiger partial charge is 0.0927 e. The van der Waals surface area contributed by atoms with Crippen LogP contribution < -0.4 is 5.32 Å². The van der Waals surface area contributed by atoms with Gasteiger partial charge in [0.2, 0.25) is 0 Å². The van der Waals surface area contributed by atoms with Crippen LogP contribution >= 0.6 is 0 Å². The van der Waals surface area contributed by atoms with Gasteiger partial charge in [-0.1, -0.05) is 30.3 Å². The zero-order valence-electron chi connectivity index (χ0n) is 11.3. The van der Waals surface area contributed by atoms with Crippen molar-refractivity contribution in [3.05, 3.63) is 60.3 Å². The van der Waals surface area contributed by atoms with Crippen molar-refractivity contribution in [2.24, 2.45) is 0 Å². The van der Waals surface area contributed by atoms with Gasteiger partial charge in [0.1, 0.15) is 0 Å². The summed E-state index contributed by atoms with van der Waals surface area (Å²) in [5, 5.41) is 9.30. The molecule has 0 saturated heterocycles. The van der Waals surface area contributed by atoms with Crippen LogP contribution in [0.4, 0.5) is 0 Å². The standard InChI is InChI=1S/C17H17N3/c1-2-4-17-14(3-1)12-20(19-17)16-9-5-13(6-10-16)11-18-15-7-8-15/h1-6,9-10,12,15,18H,7-8,11H2. The van der Waals surface area contributed by atoms with Crippen LogP contribution in [0, 0.1) is 0 Å². The molecule has 1 saturated carbocycles. The van der Waals surface area contributed by atoms with Gasteiger partial charge in [0, 0.05) is 24.2 Å². The maximum Gasteiger partial charge on any atom is 0.0927 e. The normalized spacial score (nSPS) is 14.8. The van der Waals surface area contributed by atoms with E-state index in [9.17, 15) is 0 Å². The number of nitrogens with zero attached hydrogens (tertiary/aromatic N) is 2. The molecule has 0 unspecified atom stereocenters. The van der Waals surface area contributed by atoms with Crippen molar-refractivity contribution >= 4 is 10.9 Å². The first-order valence-electron chi connectivity index (χ1n) is 7.16. The van der Waals surface area contributed by atoms with Crippen LogP contribution in [0.3, 0.4) is 0 Å². The highest BCUT2D eigenvalue weighted by atomic mass is 15.3. The van der Waals surface area contributed by atoms with Gasteiger partial charge in [-0.15, -0.1) is 0 Å². The Morgan fingerprint density at radius 2 is 1.85 bits per heavy atom. The molecular weight excluding hydrogens is 246 g/mol. The molecule has 1 heterocycles. The molecule has 1 fully saturated rings. The van der Waals surface area contributed by atoms with E-state index in [0.29, 0.717) is 0 Å². The summed E-state index contributed by atoms with van der Waals surface area (Å²) in [5.74, 6) is 0. The van der Waals surface area contributed by atoms with Crippen molar-refractivity contribution < 1.29 is 0 Å². The maximum atomic E-state index is 4.60. The minimum absolute atomic E-state index is 0.756. The number of aromatic nitrogens is 2. The Balaban J connectivity index is 1.57. The van der Waals surface area contributed by atoms with Gasteiger partial charge < -0.3 is 5.32 Å². The van der Waals surface area contributed by atoms with E-state index in [1.807, 2.05) is 22.9 Å². The van der Waals surface area contributed by atoms with Crippen molar-refractivity contribution in [3.63, 3.8) is 0 Å². The van der Waals surface area contributed by atoms with Gasteiger partial charge in [-0.25, -0.2) is 4.68 Å². The lowest BCUT2D eigenvalue weighted by Crippen LogP contribution is -2.15. The Morgan fingerprint density at radius 1 is 1.05 bits per heavy atom. The predicted molar refractivity (Wildman–Crippen MR) is 80.9 cm³/mol. The van der Waals surface area contributed by atoms with Crippen LogP contribution in [-0.2, 0) is 6.54 Å². The Bertz CT molecular complexity index is 690. The first kappa shape index (κ1) is 11.7. The third-order valence-corrected chi connectivity index (χ3v) is 3.79. The van der Waals surface area contributed by atoms with E-state index in [2.05, 4.69) is 46.9 Å². The lowest BCUT2D eigenvalue weighted by atomic mass is 10.2. The molecule has 0 radical (unpaired) electrons. The molecule has 4 rings (SSSR count). The number of hydrogen-bond donors (Lipinski definition) is 1. The van der Waals surface area contributed by atoms with Crippen LogP contribution in [-0.4, -0.2) is 15.8 Å².